The van der Waals surface area contributed by atoms with Gasteiger partial charge in [0.1, 0.15) is 5.75 Å². The second-order valence-electron chi connectivity index (χ2n) is 4.60. The van der Waals surface area contributed by atoms with Gasteiger partial charge in [0.25, 0.3) is 0 Å². The summed E-state index contributed by atoms with van der Waals surface area (Å²) in [4.78, 5) is 3.07. The Kier molecular flexibility index (Phi) is 2.01. The van der Waals surface area contributed by atoms with Crippen LogP contribution >= 0.6 is 0 Å². The van der Waals surface area contributed by atoms with Gasteiger partial charge in [-0.1, -0.05) is 0 Å². The van der Waals surface area contributed by atoms with Crippen molar-refractivity contribution in [1.29, 1.82) is 0 Å². The molecule has 0 aliphatic carbocycles. The van der Waals surface area contributed by atoms with Crippen molar-refractivity contribution in [2.45, 2.75) is 19.1 Å². The smallest absolute Gasteiger partial charge is 0.178 e. The number of benzene rings is 1. The third kappa shape index (κ3) is 1.37. The predicted molar refractivity (Wildman–Crippen MR) is 61.7 cm³/mol. The van der Waals surface area contributed by atoms with Gasteiger partial charge in [0.15, 0.2) is 5.72 Å². The van der Waals surface area contributed by atoms with Gasteiger partial charge in [-0.25, -0.2) is 0 Å². The van der Waals surface area contributed by atoms with Crippen molar-refractivity contribution >= 4 is 10.9 Å². The highest BCUT2D eigenvalue weighted by atomic mass is 16.5. The third-order valence-electron chi connectivity index (χ3n) is 3.44. The normalized spacial score (nSPS) is 25.1. The summed E-state index contributed by atoms with van der Waals surface area (Å²) in [5.41, 5.74) is 0.940. The van der Waals surface area contributed by atoms with E-state index in [4.69, 9.17) is 0 Å². The standard InChI is InChI=1S/C12H14N2O3/c1-12(16)11-9(4-5-14(12)17)8-3-2-7(15)6-10(8)13-11/h2-3,6,13,15-17H,4-5H2,1H3. The van der Waals surface area contributed by atoms with Crippen molar-refractivity contribution < 1.29 is 15.4 Å². The second kappa shape index (κ2) is 3.22. The van der Waals surface area contributed by atoms with Crippen LogP contribution in [0.15, 0.2) is 18.2 Å². The zero-order valence-corrected chi connectivity index (χ0v) is 9.44. The van der Waals surface area contributed by atoms with E-state index in [1.807, 2.05) is 6.07 Å². The molecule has 3 rings (SSSR count). The number of nitrogens with zero attached hydrogens (tertiary/aromatic N) is 1. The van der Waals surface area contributed by atoms with E-state index in [1.165, 1.54) is 0 Å². The molecular formula is C12H14N2O3. The Morgan fingerprint density at radius 3 is 2.94 bits per heavy atom. The molecule has 1 atom stereocenters. The first-order valence-electron chi connectivity index (χ1n) is 5.53. The first-order chi connectivity index (χ1) is 8.00. The Morgan fingerprint density at radius 2 is 2.18 bits per heavy atom. The number of hydrogen-bond donors (Lipinski definition) is 4. The van der Waals surface area contributed by atoms with Crippen molar-refractivity contribution in [2.24, 2.45) is 0 Å². The lowest BCUT2D eigenvalue weighted by Gasteiger charge is -2.35. The van der Waals surface area contributed by atoms with Gasteiger partial charge in [-0.3, -0.25) is 0 Å². The van der Waals surface area contributed by atoms with Crippen LogP contribution in [0.1, 0.15) is 18.2 Å². The molecule has 0 radical (unpaired) electrons. The zero-order valence-electron chi connectivity index (χ0n) is 9.44. The number of phenols is 1. The summed E-state index contributed by atoms with van der Waals surface area (Å²) < 4.78 is 0. The fourth-order valence-electron chi connectivity index (χ4n) is 2.47. The molecule has 0 bridgehead atoms. The second-order valence-corrected chi connectivity index (χ2v) is 4.60. The van der Waals surface area contributed by atoms with Gasteiger partial charge in [-0.2, -0.15) is 5.06 Å². The van der Waals surface area contributed by atoms with Crippen LogP contribution in [0, 0.1) is 0 Å². The highest BCUT2D eigenvalue weighted by Gasteiger charge is 2.38. The lowest BCUT2D eigenvalue weighted by molar-refractivity contribution is -0.267. The monoisotopic (exact) mass is 234 g/mol. The highest BCUT2D eigenvalue weighted by Crippen LogP contribution is 2.36. The Balaban J connectivity index is 2.30. The van der Waals surface area contributed by atoms with Crippen LogP contribution in [0.2, 0.25) is 0 Å². The quantitative estimate of drug-likeness (QED) is 0.553. The van der Waals surface area contributed by atoms with E-state index in [0.717, 1.165) is 21.5 Å². The van der Waals surface area contributed by atoms with E-state index in [9.17, 15) is 15.4 Å². The third-order valence-corrected chi connectivity index (χ3v) is 3.44. The van der Waals surface area contributed by atoms with Crippen molar-refractivity contribution in [3.63, 3.8) is 0 Å². The van der Waals surface area contributed by atoms with Gasteiger partial charge >= 0.3 is 0 Å². The van der Waals surface area contributed by atoms with Crippen molar-refractivity contribution in [3.05, 3.63) is 29.5 Å². The van der Waals surface area contributed by atoms with E-state index in [-0.39, 0.29) is 5.75 Å². The van der Waals surface area contributed by atoms with E-state index in [2.05, 4.69) is 4.98 Å². The Hall–Kier alpha value is -1.56. The van der Waals surface area contributed by atoms with Gasteiger partial charge in [-0.05, 0) is 31.0 Å². The molecule has 0 saturated carbocycles. The minimum absolute atomic E-state index is 0.177. The van der Waals surface area contributed by atoms with E-state index in [0.29, 0.717) is 18.7 Å². The molecule has 1 unspecified atom stereocenters. The summed E-state index contributed by atoms with van der Waals surface area (Å²) in [5.74, 6) is 0.177. The minimum atomic E-state index is -1.41. The van der Waals surface area contributed by atoms with Crippen LogP contribution in [0.5, 0.6) is 5.75 Å². The summed E-state index contributed by atoms with van der Waals surface area (Å²) in [7, 11) is 0. The highest BCUT2D eigenvalue weighted by molar-refractivity contribution is 5.86. The van der Waals surface area contributed by atoms with E-state index >= 15 is 0 Å². The first kappa shape index (κ1) is 10.6. The van der Waals surface area contributed by atoms with Crippen molar-refractivity contribution in [1.82, 2.24) is 10.0 Å². The van der Waals surface area contributed by atoms with Gasteiger partial charge in [0, 0.05) is 23.5 Å². The lowest BCUT2D eigenvalue weighted by Crippen LogP contribution is -2.46. The molecule has 0 spiro atoms. The lowest BCUT2D eigenvalue weighted by atomic mass is 9.97. The van der Waals surface area contributed by atoms with Gasteiger partial charge in [0.05, 0.1) is 5.69 Å². The average molecular weight is 234 g/mol. The largest absolute Gasteiger partial charge is 0.508 e. The topological polar surface area (TPSA) is 79.7 Å². The number of aliphatic hydroxyl groups is 1. The number of hydrogen-bond acceptors (Lipinski definition) is 4. The molecule has 0 fully saturated rings. The number of fused-ring (bicyclic) bond motifs is 3. The summed E-state index contributed by atoms with van der Waals surface area (Å²) in [5, 5.41) is 31.3. The molecule has 1 aliphatic heterocycles. The molecular weight excluding hydrogens is 220 g/mol. The number of aromatic amines is 1. The Labute approximate surface area is 97.9 Å². The molecule has 1 aliphatic rings. The van der Waals surface area contributed by atoms with Crippen LogP contribution in [0.25, 0.3) is 10.9 Å². The molecule has 0 amide bonds. The zero-order chi connectivity index (χ0) is 12.2. The summed E-state index contributed by atoms with van der Waals surface area (Å²) in [6.07, 6.45) is 0.659. The van der Waals surface area contributed by atoms with Gasteiger partial charge in [-0.15, -0.1) is 0 Å². The van der Waals surface area contributed by atoms with Crippen molar-refractivity contribution in [3.8, 4) is 5.75 Å². The fourth-order valence-corrected chi connectivity index (χ4v) is 2.47. The number of aromatic hydroxyl groups is 1. The molecule has 90 valence electrons. The molecule has 1 aromatic heterocycles. The summed E-state index contributed by atoms with van der Waals surface area (Å²) in [6.45, 7) is 1.92. The number of rotatable bonds is 0. The Morgan fingerprint density at radius 1 is 1.41 bits per heavy atom. The van der Waals surface area contributed by atoms with E-state index < -0.39 is 5.72 Å². The number of H-pyrrole nitrogens is 1. The predicted octanol–water partition coefficient (Wildman–Crippen LogP) is 1.29. The summed E-state index contributed by atoms with van der Waals surface area (Å²) in [6, 6.07) is 5.06. The maximum Gasteiger partial charge on any atom is 0.178 e. The number of phenolic OH excluding ortho intramolecular Hbond substituents is 1. The summed E-state index contributed by atoms with van der Waals surface area (Å²) >= 11 is 0. The average Bonchev–Trinajstić information content (AvgIpc) is 2.63. The van der Waals surface area contributed by atoms with Crippen LogP contribution in [-0.4, -0.2) is 32.0 Å². The fraction of sp³-hybridized carbons (Fsp3) is 0.333. The molecule has 0 saturated heterocycles. The number of nitrogens with one attached hydrogen (secondary N) is 1. The molecule has 17 heavy (non-hydrogen) atoms. The van der Waals surface area contributed by atoms with Crippen LogP contribution in [-0.2, 0) is 12.1 Å². The minimum Gasteiger partial charge on any atom is -0.508 e. The maximum absolute atomic E-state index is 10.2. The first-order valence-corrected chi connectivity index (χ1v) is 5.53. The number of aromatic nitrogens is 1. The SMILES string of the molecule is CC1(O)c2[nH]c3cc(O)ccc3c2CCN1O. The molecule has 4 N–H and O–H groups in total. The number of hydroxylamine groups is 2. The van der Waals surface area contributed by atoms with Gasteiger partial charge < -0.3 is 20.4 Å². The molecule has 2 heterocycles. The van der Waals surface area contributed by atoms with E-state index in [1.54, 1.807) is 19.1 Å². The van der Waals surface area contributed by atoms with Crippen molar-refractivity contribution in [2.75, 3.05) is 6.54 Å². The molecule has 2 aromatic rings. The maximum atomic E-state index is 10.2. The molecule has 5 nitrogen and oxygen atoms in total. The van der Waals surface area contributed by atoms with Crippen LogP contribution < -0.4 is 0 Å². The molecule has 5 heteroatoms. The van der Waals surface area contributed by atoms with Crippen LogP contribution in [0.3, 0.4) is 0 Å². The molecule has 1 aromatic carbocycles. The Bertz CT molecular complexity index is 589. The van der Waals surface area contributed by atoms with Crippen LogP contribution in [0.4, 0.5) is 0 Å². The van der Waals surface area contributed by atoms with Gasteiger partial charge in [0.2, 0.25) is 0 Å².